The van der Waals surface area contributed by atoms with Gasteiger partial charge in [-0.2, -0.15) is 5.26 Å². The van der Waals surface area contributed by atoms with Gasteiger partial charge in [0.1, 0.15) is 5.75 Å². The fraction of sp³-hybridized carbons (Fsp3) is 0.462. The number of halogens is 1. The quantitative estimate of drug-likeness (QED) is 0.785. The number of aryl methyl sites for hydroxylation is 1. The van der Waals surface area contributed by atoms with E-state index in [-0.39, 0.29) is 5.41 Å². The largest absolute Gasteiger partial charge is 0.497 e. The number of benzene rings is 1. The van der Waals surface area contributed by atoms with E-state index in [1.165, 1.54) is 0 Å². The van der Waals surface area contributed by atoms with Gasteiger partial charge in [0.05, 0.1) is 18.6 Å². The first-order chi connectivity index (χ1) is 7.63. The molecular formula is C13H14ClNO. The molecule has 0 N–H and O–H groups in total. The highest BCUT2D eigenvalue weighted by molar-refractivity contribution is 6.32. The Bertz CT molecular complexity index is 458. The molecule has 1 fully saturated rings. The average molecular weight is 236 g/mol. The third-order valence-corrected chi connectivity index (χ3v) is 3.90. The zero-order valence-corrected chi connectivity index (χ0v) is 10.3. The number of ether oxygens (including phenoxy) is 1. The van der Waals surface area contributed by atoms with Crippen molar-refractivity contribution in [1.82, 2.24) is 0 Å². The summed E-state index contributed by atoms with van der Waals surface area (Å²) in [6.45, 7) is 1.94. The van der Waals surface area contributed by atoms with E-state index in [1.807, 2.05) is 19.1 Å². The molecule has 1 saturated carbocycles. The number of hydrogen-bond acceptors (Lipinski definition) is 2. The van der Waals surface area contributed by atoms with Crippen molar-refractivity contribution in [2.75, 3.05) is 7.11 Å². The maximum absolute atomic E-state index is 9.32. The van der Waals surface area contributed by atoms with Crippen molar-refractivity contribution in [3.63, 3.8) is 0 Å². The molecule has 0 atom stereocenters. The highest BCUT2D eigenvalue weighted by atomic mass is 35.5. The standard InChI is InChI=1S/C13H14ClNO/c1-9-6-10(16-2)7-11(12(9)14)13(8-15)4-3-5-13/h6-7H,3-5H2,1-2H3. The molecule has 2 rings (SSSR count). The molecule has 0 amide bonds. The summed E-state index contributed by atoms with van der Waals surface area (Å²) >= 11 is 6.29. The van der Waals surface area contributed by atoms with Crippen LogP contribution in [0.15, 0.2) is 12.1 Å². The van der Waals surface area contributed by atoms with Gasteiger partial charge in [-0.05, 0) is 49.4 Å². The SMILES string of the molecule is COc1cc(C)c(Cl)c(C2(C#N)CCC2)c1. The second-order valence-electron chi connectivity index (χ2n) is 4.35. The second-order valence-corrected chi connectivity index (χ2v) is 4.73. The van der Waals surface area contributed by atoms with Crippen molar-refractivity contribution in [3.8, 4) is 11.8 Å². The van der Waals surface area contributed by atoms with Crippen LogP contribution < -0.4 is 4.74 Å². The summed E-state index contributed by atoms with van der Waals surface area (Å²) in [5, 5.41) is 10.0. The van der Waals surface area contributed by atoms with Crippen molar-refractivity contribution in [3.05, 3.63) is 28.3 Å². The highest BCUT2D eigenvalue weighted by Crippen LogP contribution is 2.47. The summed E-state index contributed by atoms with van der Waals surface area (Å²) in [7, 11) is 1.63. The summed E-state index contributed by atoms with van der Waals surface area (Å²) in [6, 6.07) is 6.21. The molecule has 2 nitrogen and oxygen atoms in total. The monoisotopic (exact) mass is 235 g/mol. The van der Waals surface area contributed by atoms with E-state index in [0.29, 0.717) is 5.02 Å². The van der Waals surface area contributed by atoms with Crippen LogP contribution in [0.25, 0.3) is 0 Å². The number of nitrogens with zero attached hydrogens (tertiary/aromatic N) is 1. The molecule has 0 bridgehead atoms. The number of nitriles is 1. The first kappa shape index (κ1) is 11.3. The molecule has 1 aromatic carbocycles. The Morgan fingerprint density at radius 3 is 2.56 bits per heavy atom. The van der Waals surface area contributed by atoms with Gasteiger partial charge in [-0.15, -0.1) is 0 Å². The van der Waals surface area contributed by atoms with Crippen LogP contribution in [-0.4, -0.2) is 7.11 Å². The van der Waals surface area contributed by atoms with Gasteiger partial charge in [-0.3, -0.25) is 0 Å². The van der Waals surface area contributed by atoms with Crippen molar-refractivity contribution in [2.45, 2.75) is 31.6 Å². The molecule has 3 heteroatoms. The van der Waals surface area contributed by atoms with Crippen LogP contribution in [0.3, 0.4) is 0 Å². The van der Waals surface area contributed by atoms with Gasteiger partial charge in [-0.25, -0.2) is 0 Å². The van der Waals surface area contributed by atoms with Crippen LogP contribution in [0, 0.1) is 18.3 Å². The summed E-state index contributed by atoms with van der Waals surface area (Å²) < 4.78 is 5.23. The zero-order chi connectivity index (χ0) is 11.8. The minimum atomic E-state index is -0.379. The van der Waals surface area contributed by atoms with Crippen molar-refractivity contribution in [1.29, 1.82) is 5.26 Å². The van der Waals surface area contributed by atoms with Crippen LogP contribution in [0.4, 0.5) is 0 Å². The Hall–Kier alpha value is -1.20. The van der Waals surface area contributed by atoms with E-state index in [4.69, 9.17) is 16.3 Å². The van der Waals surface area contributed by atoms with E-state index >= 15 is 0 Å². The lowest BCUT2D eigenvalue weighted by atomic mass is 9.65. The smallest absolute Gasteiger partial charge is 0.119 e. The molecule has 1 aromatic rings. The van der Waals surface area contributed by atoms with Crippen molar-refractivity contribution in [2.24, 2.45) is 0 Å². The summed E-state index contributed by atoms with van der Waals surface area (Å²) in [4.78, 5) is 0. The van der Waals surface area contributed by atoms with Crippen LogP contribution in [0.1, 0.15) is 30.4 Å². The van der Waals surface area contributed by atoms with Gasteiger partial charge in [0.25, 0.3) is 0 Å². The number of methoxy groups -OCH3 is 1. The van der Waals surface area contributed by atoms with E-state index in [1.54, 1.807) is 7.11 Å². The van der Waals surface area contributed by atoms with Crippen LogP contribution in [0.5, 0.6) is 5.75 Å². The van der Waals surface area contributed by atoms with E-state index < -0.39 is 0 Å². The molecule has 0 aliphatic heterocycles. The lowest BCUT2D eigenvalue weighted by Gasteiger charge is -2.36. The zero-order valence-electron chi connectivity index (χ0n) is 9.51. The fourth-order valence-corrected chi connectivity index (χ4v) is 2.46. The van der Waals surface area contributed by atoms with E-state index in [0.717, 1.165) is 36.1 Å². The summed E-state index contributed by atoms with van der Waals surface area (Å²) in [5.74, 6) is 0.776. The third-order valence-electron chi connectivity index (χ3n) is 3.40. The molecule has 0 spiro atoms. The third kappa shape index (κ3) is 1.56. The maximum Gasteiger partial charge on any atom is 0.119 e. The molecule has 1 aliphatic carbocycles. The molecular weight excluding hydrogens is 222 g/mol. The molecule has 0 saturated heterocycles. The highest BCUT2D eigenvalue weighted by Gasteiger charge is 2.41. The van der Waals surface area contributed by atoms with Gasteiger partial charge >= 0.3 is 0 Å². The lowest BCUT2D eigenvalue weighted by molar-refractivity contribution is 0.322. The number of hydrogen-bond donors (Lipinski definition) is 0. The first-order valence-corrected chi connectivity index (χ1v) is 5.76. The van der Waals surface area contributed by atoms with Crippen molar-refractivity contribution >= 4 is 11.6 Å². The average Bonchev–Trinajstić information content (AvgIpc) is 2.23. The number of rotatable bonds is 2. The normalized spacial score (nSPS) is 17.4. The van der Waals surface area contributed by atoms with E-state index in [2.05, 4.69) is 6.07 Å². The Morgan fingerprint density at radius 2 is 2.12 bits per heavy atom. The topological polar surface area (TPSA) is 33.0 Å². The van der Waals surface area contributed by atoms with Gasteiger partial charge in [0, 0.05) is 5.02 Å². The molecule has 84 valence electrons. The Morgan fingerprint density at radius 1 is 1.44 bits per heavy atom. The van der Waals surface area contributed by atoms with Crippen LogP contribution >= 0.6 is 11.6 Å². The molecule has 0 unspecified atom stereocenters. The molecule has 0 aromatic heterocycles. The minimum Gasteiger partial charge on any atom is -0.497 e. The minimum absolute atomic E-state index is 0.379. The second kappa shape index (κ2) is 3.99. The summed E-state index contributed by atoms with van der Waals surface area (Å²) in [5.41, 5.74) is 1.52. The molecule has 0 radical (unpaired) electrons. The van der Waals surface area contributed by atoms with Gasteiger partial charge in [0.15, 0.2) is 0 Å². The Labute approximate surface area is 101 Å². The molecule has 1 aliphatic rings. The van der Waals surface area contributed by atoms with Crippen molar-refractivity contribution < 1.29 is 4.74 Å². The molecule has 0 heterocycles. The van der Waals surface area contributed by atoms with Crippen LogP contribution in [-0.2, 0) is 5.41 Å². The molecule has 16 heavy (non-hydrogen) atoms. The Balaban J connectivity index is 2.55. The predicted molar refractivity (Wildman–Crippen MR) is 63.9 cm³/mol. The lowest BCUT2D eigenvalue weighted by Crippen LogP contribution is -2.32. The van der Waals surface area contributed by atoms with Gasteiger partial charge in [0.2, 0.25) is 0 Å². The maximum atomic E-state index is 9.32. The Kier molecular flexibility index (Phi) is 2.82. The fourth-order valence-electron chi connectivity index (χ4n) is 2.17. The van der Waals surface area contributed by atoms with Gasteiger partial charge in [-0.1, -0.05) is 11.6 Å². The summed E-state index contributed by atoms with van der Waals surface area (Å²) in [6.07, 6.45) is 2.89. The van der Waals surface area contributed by atoms with E-state index in [9.17, 15) is 5.26 Å². The van der Waals surface area contributed by atoms with Gasteiger partial charge < -0.3 is 4.74 Å². The predicted octanol–water partition coefficient (Wildman–Crippen LogP) is 3.60. The first-order valence-electron chi connectivity index (χ1n) is 5.39. The van der Waals surface area contributed by atoms with Crippen LogP contribution in [0.2, 0.25) is 5.02 Å².